The molecule has 1 saturated carbocycles. The van der Waals surface area contributed by atoms with Crippen LogP contribution in [0.3, 0.4) is 0 Å². The molecule has 80 valence electrons. The van der Waals surface area contributed by atoms with Gasteiger partial charge in [0.2, 0.25) is 0 Å². The van der Waals surface area contributed by atoms with Crippen molar-refractivity contribution in [2.45, 2.75) is 18.4 Å². The summed E-state index contributed by atoms with van der Waals surface area (Å²) < 4.78 is 0. The smallest absolute Gasteiger partial charge is 0.0950 e. The van der Waals surface area contributed by atoms with Crippen LogP contribution < -0.4 is 0 Å². The van der Waals surface area contributed by atoms with Crippen molar-refractivity contribution in [2.24, 2.45) is 4.99 Å². The normalized spacial score (nSPS) is 17.8. The second-order valence-electron chi connectivity index (χ2n) is 4.18. The van der Waals surface area contributed by atoms with Crippen molar-refractivity contribution in [2.75, 3.05) is 0 Å². The van der Waals surface area contributed by atoms with Gasteiger partial charge in [0.15, 0.2) is 0 Å². The molecular formula is C14H13NS. The van der Waals surface area contributed by atoms with Crippen LogP contribution >= 0.6 is 11.3 Å². The molecule has 2 heteroatoms. The van der Waals surface area contributed by atoms with Gasteiger partial charge in [-0.05, 0) is 29.9 Å². The Morgan fingerprint density at radius 1 is 1.06 bits per heavy atom. The zero-order valence-corrected chi connectivity index (χ0v) is 9.78. The van der Waals surface area contributed by atoms with Crippen LogP contribution in [0.4, 0.5) is 0 Å². The van der Waals surface area contributed by atoms with E-state index in [1.165, 1.54) is 23.3 Å². The van der Waals surface area contributed by atoms with Gasteiger partial charge in [-0.2, -0.15) is 0 Å². The molecular weight excluding hydrogens is 214 g/mol. The monoisotopic (exact) mass is 227 g/mol. The van der Waals surface area contributed by atoms with E-state index in [-0.39, 0.29) is 5.54 Å². The lowest BCUT2D eigenvalue weighted by Gasteiger charge is -2.05. The molecule has 0 saturated heterocycles. The molecule has 1 aliphatic carbocycles. The molecule has 0 unspecified atom stereocenters. The number of nitrogens with zero attached hydrogens (tertiary/aromatic N) is 1. The van der Waals surface area contributed by atoms with Crippen LogP contribution in [0.1, 0.15) is 23.3 Å². The van der Waals surface area contributed by atoms with Gasteiger partial charge in [-0.15, -0.1) is 11.3 Å². The average Bonchev–Trinajstić information content (AvgIpc) is 2.92. The highest BCUT2D eigenvalue weighted by Gasteiger charge is 2.44. The van der Waals surface area contributed by atoms with Crippen molar-refractivity contribution >= 4 is 17.6 Å². The van der Waals surface area contributed by atoms with E-state index < -0.39 is 0 Å². The van der Waals surface area contributed by atoms with E-state index in [2.05, 4.69) is 29.6 Å². The highest BCUT2D eigenvalue weighted by molar-refractivity contribution is 7.10. The number of thiophene rings is 1. The lowest BCUT2D eigenvalue weighted by Crippen LogP contribution is -1.99. The van der Waals surface area contributed by atoms with E-state index in [0.717, 1.165) is 0 Å². The zero-order valence-electron chi connectivity index (χ0n) is 8.97. The minimum absolute atomic E-state index is 0.115. The largest absolute Gasteiger partial charge is 0.280 e. The maximum Gasteiger partial charge on any atom is 0.0950 e. The molecule has 3 rings (SSSR count). The molecule has 0 aliphatic heterocycles. The molecule has 0 atom stereocenters. The van der Waals surface area contributed by atoms with Crippen LogP contribution in [-0.2, 0) is 5.54 Å². The highest BCUT2D eigenvalue weighted by atomic mass is 32.1. The van der Waals surface area contributed by atoms with Gasteiger partial charge in [0.1, 0.15) is 0 Å². The molecule has 0 N–H and O–H groups in total. The summed E-state index contributed by atoms with van der Waals surface area (Å²) in [4.78, 5) is 6.17. The van der Waals surface area contributed by atoms with Crippen LogP contribution in [0, 0.1) is 0 Å². The van der Waals surface area contributed by atoms with Crippen molar-refractivity contribution in [3.8, 4) is 0 Å². The number of benzene rings is 1. The molecule has 0 radical (unpaired) electrons. The van der Waals surface area contributed by atoms with Crippen LogP contribution in [0.2, 0.25) is 0 Å². The Hall–Kier alpha value is -1.41. The van der Waals surface area contributed by atoms with Gasteiger partial charge < -0.3 is 0 Å². The summed E-state index contributed by atoms with van der Waals surface area (Å²) in [5.41, 5.74) is 1.30. The van der Waals surface area contributed by atoms with E-state index in [1.807, 2.05) is 35.8 Å². The molecule has 1 aromatic carbocycles. The second-order valence-corrected chi connectivity index (χ2v) is 5.13. The molecule has 1 fully saturated rings. The van der Waals surface area contributed by atoms with Gasteiger partial charge >= 0.3 is 0 Å². The van der Waals surface area contributed by atoms with Gasteiger partial charge in [-0.25, -0.2) is 0 Å². The summed E-state index contributed by atoms with van der Waals surface area (Å²) in [5.74, 6) is 0. The standard InChI is InChI=1S/C14H13NS/c1-2-5-12(6-3-1)11-15-14(8-9-14)13-7-4-10-16-13/h1-7,10-11H,8-9H2. The predicted octanol–water partition coefficient (Wildman–Crippen LogP) is 3.86. The lowest BCUT2D eigenvalue weighted by atomic mass is 10.2. The summed E-state index contributed by atoms with van der Waals surface area (Å²) in [6.45, 7) is 0. The summed E-state index contributed by atoms with van der Waals surface area (Å²) in [6.07, 6.45) is 4.39. The SMILES string of the molecule is C(=NC1(c2cccs2)CC1)c1ccccc1. The average molecular weight is 227 g/mol. The fourth-order valence-electron chi connectivity index (χ4n) is 1.84. The molecule has 1 nitrogen and oxygen atoms in total. The first kappa shape index (κ1) is 9.79. The topological polar surface area (TPSA) is 12.4 Å². The highest BCUT2D eigenvalue weighted by Crippen LogP contribution is 2.51. The van der Waals surface area contributed by atoms with Crippen molar-refractivity contribution < 1.29 is 0 Å². The fourth-order valence-corrected chi connectivity index (χ4v) is 2.78. The molecule has 1 aromatic heterocycles. The third-order valence-electron chi connectivity index (χ3n) is 2.96. The van der Waals surface area contributed by atoms with Gasteiger partial charge in [-0.1, -0.05) is 36.4 Å². The Labute approximate surface area is 99.5 Å². The van der Waals surface area contributed by atoms with Crippen molar-refractivity contribution in [1.82, 2.24) is 0 Å². The molecule has 0 spiro atoms. The lowest BCUT2D eigenvalue weighted by molar-refractivity contribution is 0.766. The molecule has 16 heavy (non-hydrogen) atoms. The van der Waals surface area contributed by atoms with E-state index >= 15 is 0 Å². The summed E-state index contributed by atoms with van der Waals surface area (Å²) in [5, 5.41) is 2.13. The summed E-state index contributed by atoms with van der Waals surface area (Å²) >= 11 is 1.81. The first-order chi connectivity index (χ1) is 7.89. The molecule has 2 aromatic rings. The van der Waals surface area contributed by atoms with Gasteiger partial charge in [0.05, 0.1) is 5.54 Å². The van der Waals surface area contributed by atoms with Crippen molar-refractivity contribution in [1.29, 1.82) is 0 Å². The zero-order chi connectivity index (χ0) is 10.8. The summed E-state index contributed by atoms with van der Waals surface area (Å²) in [7, 11) is 0. The Morgan fingerprint density at radius 2 is 1.88 bits per heavy atom. The van der Waals surface area contributed by atoms with E-state index in [9.17, 15) is 0 Å². The van der Waals surface area contributed by atoms with Crippen LogP contribution in [-0.4, -0.2) is 6.21 Å². The fraction of sp³-hybridized carbons (Fsp3) is 0.214. The first-order valence-corrected chi connectivity index (χ1v) is 6.41. The first-order valence-electron chi connectivity index (χ1n) is 5.53. The Bertz CT molecular complexity index is 481. The van der Waals surface area contributed by atoms with Crippen LogP contribution in [0.5, 0.6) is 0 Å². The van der Waals surface area contributed by atoms with Gasteiger partial charge in [-0.3, -0.25) is 4.99 Å². The maximum absolute atomic E-state index is 4.77. The van der Waals surface area contributed by atoms with E-state index in [0.29, 0.717) is 0 Å². The Balaban J connectivity index is 1.83. The minimum atomic E-state index is 0.115. The number of hydrogen-bond donors (Lipinski definition) is 0. The minimum Gasteiger partial charge on any atom is -0.280 e. The van der Waals surface area contributed by atoms with Crippen LogP contribution in [0.25, 0.3) is 0 Å². The molecule has 1 aliphatic rings. The Morgan fingerprint density at radius 3 is 2.50 bits per heavy atom. The van der Waals surface area contributed by atoms with Crippen molar-refractivity contribution in [3.05, 3.63) is 58.3 Å². The van der Waals surface area contributed by atoms with E-state index in [1.54, 1.807) is 0 Å². The van der Waals surface area contributed by atoms with Gasteiger partial charge in [0, 0.05) is 11.1 Å². The molecule has 0 amide bonds. The quantitative estimate of drug-likeness (QED) is 0.706. The number of rotatable bonds is 3. The molecule has 0 bridgehead atoms. The Kier molecular flexibility index (Phi) is 2.37. The second kappa shape index (κ2) is 3.87. The third-order valence-corrected chi connectivity index (χ3v) is 4.03. The maximum atomic E-state index is 4.77. The molecule has 1 heterocycles. The number of aliphatic imine (C=N–C) groups is 1. The van der Waals surface area contributed by atoms with Crippen LogP contribution in [0.15, 0.2) is 52.8 Å². The van der Waals surface area contributed by atoms with Gasteiger partial charge in [0.25, 0.3) is 0 Å². The predicted molar refractivity (Wildman–Crippen MR) is 69.3 cm³/mol. The number of hydrogen-bond acceptors (Lipinski definition) is 2. The summed E-state index contributed by atoms with van der Waals surface area (Å²) in [6, 6.07) is 14.6. The van der Waals surface area contributed by atoms with E-state index in [4.69, 9.17) is 4.99 Å². The van der Waals surface area contributed by atoms with Crippen molar-refractivity contribution in [3.63, 3.8) is 0 Å². The third kappa shape index (κ3) is 1.81.